The van der Waals surface area contributed by atoms with Crippen LogP contribution in [0.25, 0.3) is 0 Å². The van der Waals surface area contributed by atoms with Gasteiger partial charge in [-0.2, -0.15) is 0 Å². The molecule has 1 heterocycles. The quantitative estimate of drug-likeness (QED) is 0.528. The summed E-state index contributed by atoms with van der Waals surface area (Å²) in [5.41, 5.74) is 5.24. The van der Waals surface area contributed by atoms with Crippen LogP contribution in [0.15, 0.2) is 11.3 Å². The molecule has 1 aliphatic heterocycles. The average Bonchev–Trinajstić information content (AvgIpc) is 2.26. The van der Waals surface area contributed by atoms with Crippen molar-refractivity contribution in [3.8, 4) is 0 Å². The molecule has 1 rings (SSSR count). The first-order valence-electron chi connectivity index (χ1n) is 3.37. The van der Waals surface area contributed by atoms with Crippen LogP contribution in [-0.4, -0.2) is 25.2 Å². The molecule has 0 saturated carbocycles. The zero-order valence-electron chi connectivity index (χ0n) is 6.79. The monoisotopic (exact) mass is 171 g/mol. The third-order valence-electron chi connectivity index (χ3n) is 1.61. The van der Waals surface area contributed by atoms with Gasteiger partial charge in [0.1, 0.15) is 17.4 Å². The first kappa shape index (κ1) is 8.58. The van der Waals surface area contributed by atoms with E-state index in [1.807, 2.05) is 0 Å². The number of hydrogen-bond acceptors (Lipinski definition) is 5. The van der Waals surface area contributed by atoms with Gasteiger partial charge in [0.15, 0.2) is 0 Å². The number of esters is 2. The number of carbonyl (C=O) groups is 2. The zero-order valence-corrected chi connectivity index (χ0v) is 6.79. The first-order chi connectivity index (χ1) is 5.57. The van der Waals surface area contributed by atoms with Crippen LogP contribution < -0.4 is 5.73 Å². The van der Waals surface area contributed by atoms with Crippen molar-refractivity contribution in [2.45, 2.75) is 13.0 Å². The zero-order chi connectivity index (χ0) is 9.30. The maximum absolute atomic E-state index is 11.0. The highest BCUT2D eigenvalue weighted by atomic mass is 16.6. The minimum atomic E-state index is -0.664. The number of ether oxygens (including phenoxy) is 2. The molecule has 0 aliphatic carbocycles. The van der Waals surface area contributed by atoms with Crippen LogP contribution in [0.1, 0.15) is 6.92 Å². The molecule has 0 aromatic heterocycles. The molecule has 0 fully saturated rings. The molecule has 12 heavy (non-hydrogen) atoms. The molecule has 5 nitrogen and oxygen atoms in total. The fraction of sp³-hybridized carbons (Fsp3) is 0.429. The lowest BCUT2D eigenvalue weighted by Crippen LogP contribution is -2.16. The molecule has 0 amide bonds. The van der Waals surface area contributed by atoms with Gasteiger partial charge >= 0.3 is 11.9 Å². The van der Waals surface area contributed by atoms with Crippen LogP contribution in [0.4, 0.5) is 0 Å². The number of carbonyl (C=O) groups excluding carboxylic acids is 2. The maximum atomic E-state index is 11.0. The molecule has 2 N–H and O–H groups in total. The third kappa shape index (κ3) is 1.13. The summed E-state index contributed by atoms with van der Waals surface area (Å²) in [5.74, 6) is -1.28. The van der Waals surface area contributed by atoms with Crippen LogP contribution in [0.2, 0.25) is 0 Å². The fourth-order valence-electron chi connectivity index (χ4n) is 0.998. The molecule has 0 bridgehead atoms. The van der Waals surface area contributed by atoms with Crippen molar-refractivity contribution < 1.29 is 19.1 Å². The Morgan fingerprint density at radius 1 is 1.67 bits per heavy atom. The predicted octanol–water partition coefficient (Wildman–Crippen LogP) is -0.683. The molecular weight excluding hydrogens is 162 g/mol. The number of nitrogens with two attached hydrogens (primary N) is 1. The van der Waals surface area contributed by atoms with Crippen LogP contribution in [0, 0.1) is 0 Å². The highest BCUT2D eigenvalue weighted by molar-refractivity contribution is 6.03. The second-order valence-corrected chi connectivity index (χ2v) is 2.37. The Labute approximate surface area is 69.1 Å². The molecule has 1 unspecified atom stereocenters. The van der Waals surface area contributed by atoms with E-state index in [4.69, 9.17) is 5.73 Å². The number of rotatable bonds is 1. The summed E-state index contributed by atoms with van der Waals surface area (Å²) in [4.78, 5) is 21.8. The van der Waals surface area contributed by atoms with Crippen LogP contribution in [0.3, 0.4) is 0 Å². The van der Waals surface area contributed by atoms with E-state index >= 15 is 0 Å². The molecule has 5 heteroatoms. The van der Waals surface area contributed by atoms with Gasteiger partial charge in [-0.05, 0) is 6.92 Å². The first-order valence-corrected chi connectivity index (χ1v) is 3.37. The predicted molar refractivity (Wildman–Crippen MR) is 38.8 cm³/mol. The van der Waals surface area contributed by atoms with Crippen LogP contribution in [0.5, 0.6) is 0 Å². The largest absolute Gasteiger partial charge is 0.465 e. The second-order valence-electron chi connectivity index (χ2n) is 2.37. The summed E-state index contributed by atoms with van der Waals surface area (Å²) in [6, 6.07) is 0. The van der Waals surface area contributed by atoms with Crippen molar-refractivity contribution in [1.82, 2.24) is 0 Å². The Bertz CT molecular complexity index is 269. The lowest BCUT2D eigenvalue weighted by Gasteiger charge is -2.04. The molecule has 1 aliphatic rings. The lowest BCUT2D eigenvalue weighted by molar-refractivity contribution is -0.140. The molecule has 0 saturated heterocycles. The van der Waals surface area contributed by atoms with Gasteiger partial charge in [0.05, 0.1) is 7.11 Å². The smallest absolute Gasteiger partial charge is 0.355 e. The van der Waals surface area contributed by atoms with E-state index in [-0.39, 0.29) is 11.3 Å². The Kier molecular flexibility index (Phi) is 2.03. The maximum Gasteiger partial charge on any atom is 0.355 e. The van der Waals surface area contributed by atoms with E-state index in [0.717, 1.165) is 0 Å². The highest BCUT2D eigenvalue weighted by Crippen LogP contribution is 2.19. The molecule has 0 spiro atoms. The Morgan fingerprint density at radius 3 is 2.58 bits per heavy atom. The van der Waals surface area contributed by atoms with E-state index in [1.165, 1.54) is 7.11 Å². The highest BCUT2D eigenvalue weighted by Gasteiger charge is 2.34. The van der Waals surface area contributed by atoms with Crippen molar-refractivity contribution >= 4 is 11.9 Å². The lowest BCUT2D eigenvalue weighted by atomic mass is 10.1. The fourth-order valence-corrected chi connectivity index (χ4v) is 0.998. The average molecular weight is 171 g/mol. The van der Waals surface area contributed by atoms with Gasteiger partial charge in [0, 0.05) is 0 Å². The summed E-state index contributed by atoms with van der Waals surface area (Å²) in [6.45, 7) is 1.56. The van der Waals surface area contributed by atoms with Gasteiger partial charge in [0.25, 0.3) is 0 Å². The van der Waals surface area contributed by atoms with E-state index < -0.39 is 18.0 Å². The Hall–Kier alpha value is -1.52. The number of cyclic esters (lactones) is 1. The van der Waals surface area contributed by atoms with Gasteiger partial charge in [-0.3, -0.25) is 0 Å². The molecule has 66 valence electrons. The van der Waals surface area contributed by atoms with E-state index in [2.05, 4.69) is 9.47 Å². The number of methoxy groups -OCH3 is 1. The normalized spacial score (nSPS) is 22.5. The van der Waals surface area contributed by atoms with Crippen molar-refractivity contribution in [3.05, 3.63) is 11.3 Å². The van der Waals surface area contributed by atoms with Gasteiger partial charge in [-0.25, -0.2) is 9.59 Å². The van der Waals surface area contributed by atoms with Gasteiger partial charge in [0.2, 0.25) is 0 Å². The minimum Gasteiger partial charge on any atom is -0.465 e. The molecule has 1 atom stereocenters. The molecule has 0 aromatic rings. The summed E-state index contributed by atoms with van der Waals surface area (Å²) >= 11 is 0. The third-order valence-corrected chi connectivity index (χ3v) is 1.61. The van der Waals surface area contributed by atoms with Crippen molar-refractivity contribution in [3.63, 3.8) is 0 Å². The molecular formula is C7H9NO4. The van der Waals surface area contributed by atoms with Gasteiger partial charge < -0.3 is 15.2 Å². The van der Waals surface area contributed by atoms with Crippen molar-refractivity contribution in [1.29, 1.82) is 0 Å². The summed E-state index contributed by atoms with van der Waals surface area (Å²) in [6.07, 6.45) is -0.607. The Balaban J connectivity index is 3.00. The van der Waals surface area contributed by atoms with E-state index in [1.54, 1.807) is 6.92 Å². The van der Waals surface area contributed by atoms with Crippen molar-refractivity contribution in [2.75, 3.05) is 7.11 Å². The summed E-state index contributed by atoms with van der Waals surface area (Å²) < 4.78 is 9.08. The topological polar surface area (TPSA) is 78.6 Å². The van der Waals surface area contributed by atoms with Crippen LogP contribution >= 0.6 is 0 Å². The standard InChI is InChI=1S/C7H9NO4/c1-3-4(6(9)11-2)5(8)7(10)12-3/h3H,8H2,1-2H3. The molecule has 0 aromatic carbocycles. The number of hydrogen-bond donors (Lipinski definition) is 1. The van der Waals surface area contributed by atoms with Crippen LogP contribution in [-0.2, 0) is 19.1 Å². The van der Waals surface area contributed by atoms with Gasteiger partial charge in [-0.1, -0.05) is 0 Å². The van der Waals surface area contributed by atoms with Gasteiger partial charge in [-0.15, -0.1) is 0 Å². The van der Waals surface area contributed by atoms with Crippen molar-refractivity contribution in [2.24, 2.45) is 5.73 Å². The summed E-state index contributed by atoms with van der Waals surface area (Å²) in [5, 5.41) is 0. The minimum absolute atomic E-state index is 0.0995. The summed E-state index contributed by atoms with van der Waals surface area (Å²) in [7, 11) is 1.22. The second kappa shape index (κ2) is 2.84. The Morgan fingerprint density at radius 2 is 2.25 bits per heavy atom. The SMILES string of the molecule is COC(=O)C1=C(N)C(=O)OC1C. The molecule has 0 radical (unpaired) electrons. The van der Waals surface area contributed by atoms with E-state index in [9.17, 15) is 9.59 Å². The van der Waals surface area contributed by atoms with E-state index in [0.29, 0.717) is 0 Å².